The van der Waals surface area contributed by atoms with Crippen molar-refractivity contribution < 1.29 is 9.47 Å². The summed E-state index contributed by atoms with van der Waals surface area (Å²) < 4.78 is 10.9. The topological polar surface area (TPSA) is 58.1 Å². The average molecular weight is 499 g/mol. The van der Waals surface area contributed by atoms with Gasteiger partial charge in [0.1, 0.15) is 11.9 Å². The van der Waals surface area contributed by atoms with Crippen LogP contribution in [0.5, 0.6) is 5.75 Å². The number of hydrogen-bond acceptors (Lipinski definition) is 4. The van der Waals surface area contributed by atoms with Crippen molar-refractivity contribution in [2.75, 3.05) is 54.0 Å². The maximum atomic E-state index is 5.87. The highest BCUT2D eigenvalue weighted by Gasteiger charge is 2.06. The zero-order valence-electron chi connectivity index (χ0n) is 16.1. The maximum absolute atomic E-state index is 5.87. The van der Waals surface area contributed by atoms with E-state index in [0.29, 0.717) is 11.6 Å². The second-order valence-corrected chi connectivity index (χ2v) is 6.35. The first-order chi connectivity index (χ1) is 12.0. The Balaban J connectivity index is 0.00000625. The van der Waals surface area contributed by atoms with Crippen LogP contribution in [-0.4, -0.2) is 71.0 Å². The fourth-order valence-corrected chi connectivity index (χ4v) is 2.29. The molecule has 1 rings (SSSR count). The Morgan fingerprint density at radius 1 is 1.23 bits per heavy atom. The molecule has 0 amide bonds. The lowest BCUT2D eigenvalue weighted by Gasteiger charge is -2.19. The Morgan fingerprint density at radius 2 is 1.92 bits per heavy atom. The van der Waals surface area contributed by atoms with E-state index in [0.717, 1.165) is 44.4 Å². The zero-order valence-corrected chi connectivity index (χ0v) is 19.2. The van der Waals surface area contributed by atoms with Crippen LogP contribution in [0.1, 0.15) is 13.3 Å². The normalized spacial score (nSPS) is 12.5. The van der Waals surface area contributed by atoms with Crippen molar-refractivity contribution in [3.05, 3.63) is 29.3 Å². The minimum absolute atomic E-state index is 0. The highest BCUT2D eigenvalue weighted by molar-refractivity contribution is 14.0. The molecular weight excluding hydrogens is 467 g/mol. The van der Waals surface area contributed by atoms with Crippen LogP contribution in [0.25, 0.3) is 0 Å². The molecule has 1 unspecified atom stereocenters. The number of halogens is 2. The van der Waals surface area contributed by atoms with Gasteiger partial charge >= 0.3 is 0 Å². The van der Waals surface area contributed by atoms with Crippen LogP contribution in [0.2, 0.25) is 5.02 Å². The standard InChI is InChI=1S/C18H31ClN4O2.HI/c1-15(25-17-8-6-16(19)7-9-17)14-22-18(20-2)21-10-5-11-23(3)12-13-24-4;/h6-9,15H,5,10-14H2,1-4H3,(H2,20,21,22);1H. The molecule has 2 N–H and O–H groups in total. The van der Waals surface area contributed by atoms with Gasteiger partial charge in [-0.25, -0.2) is 0 Å². The van der Waals surface area contributed by atoms with Crippen molar-refractivity contribution in [2.45, 2.75) is 19.4 Å². The van der Waals surface area contributed by atoms with Gasteiger partial charge in [0.15, 0.2) is 5.96 Å². The summed E-state index contributed by atoms with van der Waals surface area (Å²) in [5, 5.41) is 7.30. The Hall–Kier alpha value is -0.770. The van der Waals surface area contributed by atoms with E-state index in [2.05, 4.69) is 27.6 Å². The Kier molecular flexibility index (Phi) is 14.9. The minimum atomic E-state index is 0. The van der Waals surface area contributed by atoms with Crippen molar-refractivity contribution in [3.63, 3.8) is 0 Å². The first-order valence-corrected chi connectivity index (χ1v) is 8.97. The van der Waals surface area contributed by atoms with E-state index in [1.54, 1.807) is 14.2 Å². The summed E-state index contributed by atoms with van der Waals surface area (Å²) >= 11 is 5.87. The highest BCUT2D eigenvalue weighted by Crippen LogP contribution is 2.16. The third kappa shape index (κ3) is 11.8. The largest absolute Gasteiger partial charge is 0.489 e. The quantitative estimate of drug-likeness (QED) is 0.213. The summed E-state index contributed by atoms with van der Waals surface area (Å²) in [7, 11) is 5.59. The summed E-state index contributed by atoms with van der Waals surface area (Å²) in [6.45, 7) is 6.27. The molecule has 1 aromatic carbocycles. The van der Waals surface area contributed by atoms with Crippen molar-refractivity contribution in [1.82, 2.24) is 15.5 Å². The molecular formula is C18H32ClIN4O2. The molecule has 0 aliphatic heterocycles. The van der Waals surface area contributed by atoms with Gasteiger partial charge in [0.25, 0.3) is 0 Å². The fraction of sp³-hybridized carbons (Fsp3) is 0.611. The lowest BCUT2D eigenvalue weighted by molar-refractivity contribution is 0.161. The molecule has 150 valence electrons. The van der Waals surface area contributed by atoms with Gasteiger partial charge in [-0.2, -0.15) is 0 Å². The lowest BCUT2D eigenvalue weighted by atomic mass is 10.3. The van der Waals surface area contributed by atoms with Crippen LogP contribution in [0.3, 0.4) is 0 Å². The fourth-order valence-electron chi connectivity index (χ4n) is 2.16. The number of nitrogens with one attached hydrogen (secondary N) is 2. The number of aliphatic imine (C=N–C) groups is 1. The molecule has 0 saturated carbocycles. The van der Waals surface area contributed by atoms with Gasteiger partial charge in [0.05, 0.1) is 13.2 Å². The van der Waals surface area contributed by atoms with Crippen molar-refractivity contribution in [3.8, 4) is 5.75 Å². The molecule has 0 saturated heterocycles. The van der Waals surface area contributed by atoms with Crippen molar-refractivity contribution in [1.29, 1.82) is 0 Å². The third-order valence-corrected chi connectivity index (χ3v) is 3.87. The summed E-state index contributed by atoms with van der Waals surface area (Å²) in [5.41, 5.74) is 0. The minimum Gasteiger partial charge on any atom is -0.489 e. The maximum Gasteiger partial charge on any atom is 0.191 e. The van der Waals surface area contributed by atoms with E-state index in [1.165, 1.54) is 0 Å². The van der Waals surface area contributed by atoms with E-state index >= 15 is 0 Å². The number of ether oxygens (including phenoxy) is 2. The average Bonchev–Trinajstić information content (AvgIpc) is 2.61. The Labute approximate surface area is 179 Å². The Morgan fingerprint density at radius 3 is 2.54 bits per heavy atom. The van der Waals surface area contributed by atoms with Crippen molar-refractivity contribution in [2.24, 2.45) is 4.99 Å². The third-order valence-electron chi connectivity index (χ3n) is 3.62. The predicted molar refractivity (Wildman–Crippen MR) is 120 cm³/mol. The SMILES string of the molecule is CN=C(NCCCN(C)CCOC)NCC(C)Oc1ccc(Cl)cc1.I. The van der Waals surface area contributed by atoms with Crippen LogP contribution in [0.4, 0.5) is 0 Å². The molecule has 0 heterocycles. The number of likely N-dealkylation sites (N-methyl/N-ethyl adjacent to an activating group) is 1. The van der Waals surface area contributed by atoms with Gasteiger partial charge in [-0.3, -0.25) is 4.99 Å². The molecule has 0 spiro atoms. The summed E-state index contributed by atoms with van der Waals surface area (Å²) in [5.74, 6) is 1.59. The number of methoxy groups -OCH3 is 1. The van der Waals surface area contributed by atoms with Crippen LogP contribution < -0.4 is 15.4 Å². The number of nitrogens with zero attached hydrogens (tertiary/aromatic N) is 2. The molecule has 0 aromatic heterocycles. The van der Waals surface area contributed by atoms with Gasteiger partial charge in [-0.05, 0) is 51.2 Å². The lowest BCUT2D eigenvalue weighted by Crippen LogP contribution is -2.42. The molecule has 1 atom stereocenters. The molecule has 0 bridgehead atoms. The number of guanidine groups is 1. The van der Waals surface area contributed by atoms with Crippen LogP contribution >= 0.6 is 35.6 Å². The second kappa shape index (κ2) is 15.3. The van der Waals surface area contributed by atoms with Gasteiger partial charge in [-0.15, -0.1) is 24.0 Å². The zero-order chi connectivity index (χ0) is 18.5. The molecule has 0 radical (unpaired) electrons. The molecule has 0 aliphatic carbocycles. The van der Waals surface area contributed by atoms with E-state index in [1.807, 2.05) is 31.2 Å². The van der Waals surface area contributed by atoms with Gasteiger partial charge in [-0.1, -0.05) is 11.6 Å². The second-order valence-electron chi connectivity index (χ2n) is 5.91. The van der Waals surface area contributed by atoms with E-state index < -0.39 is 0 Å². The van der Waals surface area contributed by atoms with Gasteiger partial charge in [0.2, 0.25) is 0 Å². The molecule has 26 heavy (non-hydrogen) atoms. The molecule has 8 heteroatoms. The number of hydrogen-bond donors (Lipinski definition) is 2. The smallest absolute Gasteiger partial charge is 0.191 e. The first-order valence-electron chi connectivity index (χ1n) is 8.59. The van der Waals surface area contributed by atoms with Crippen molar-refractivity contribution >= 4 is 41.5 Å². The van der Waals surface area contributed by atoms with E-state index in [9.17, 15) is 0 Å². The van der Waals surface area contributed by atoms with Gasteiger partial charge < -0.3 is 25.0 Å². The van der Waals surface area contributed by atoms with Crippen LogP contribution in [0.15, 0.2) is 29.3 Å². The van der Waals surface area contributed by atoms with E-state index in [-0.39, 0.29) is 30.1 Å². The van der Waals surface area contributed by atoms with E-state index in [4.69, 9.17) is 21.1 Å². The van der Waals surface area contributed by atoms with Gasteiger partial charge in [0, 0.05) is 32.3 Å². The number of benzene rings is 1. The molecule has 0 aliphatic rings. The predicted octanol–water partition coefficient (Wildman–Crippen LogP) is 2.86. The van der Waals surface area contributed by atoms with Crippen LogP contribution in [-0.2, 0) is 4.74 Å². The molecule has 1 aromatic rings. The summed E-state index contributed by atoms with van der Waals surface area (Å²) in [6.07, 6.45) is 1.05. The molecule has 0 fully saturated rings. The monoisotopic (exact) mass is 498 g/mol. The highest BCUT2D eigenvalue weighted by atomic mass is 127. The summed E-state index contributed by atoms with van der Waals surface area (Å²) in [6, 6.07) is 7.38. The first kappa shape index (κ1) is 25.2. The van der Waals surface area contributed by atoms with Crippen LogP contribution in [0, 0.1) is 0 Å². The Bertz CT molecular complexity index is 502. The number of rotatable bonds is 11. The summed E-state index contributed by atoms with van der Waals surface area (Å²) in [4.78, 5) is 6.49. The molecule has 6 nitrogen and oxygen atoms in total.